The summed E-state index contributed by atoms with van der Waals surface area (Å²) >= 11 is 0. The van der Waals surface area contributed by atoms with Crippen LogP contribution in [0.1, 0.15) is 44.1 Å². The number of aromatic nitrogens is 4. The predicted octanol–water partition coefficient (Wildman–Crippen LogP) is 11.7. The van der Waals surface area contributed by atoms with Crippen molar-refractivity contribution in [2.75, 3.05) is 0 Å². The summed E-state index contributed by atoms with van der Waals surface area (Å²) in [6.07, 6.45) is 8.60. The molecule has 3 heterocycles. The Hall–Kier alpha value is -5.61. The van der Waals surface area contributed by atoms with Crippen molar-refractivity contribution in [3.05, 3.63) is 145 Å². The first-order chi connectivity index (χ1) is 25.2. The molecule has 4 aliphatic carbocycles. The third kappa shape index (κ3) is 3.99. The maximum absolute atomic E-state index is 5.21. The Morgan fingerprint density at radius 2 is 1.10 bits per heavy atom. The van der Waals surface area contributed by atoms with Gasteiger partial charge < -0.3 is 4.57 Å². The molecule has 9 aromatic rings. The molecule has 246 valence electrons. The molecule has 0 spiro atoms. The summed E-state index contributed by atoms with van der Waals surface area (Å²) in [5.41, 5.74) is 13.6. The Morgan fingerprint density at radius 3 is 1.88 bits per heavy atom. The molecule has 0 saturated heterocycles. The fourth-order valence-corrected chi connectivity index (χ4v) is 11.3. The molecule has 0 radical (unpaired) electrons. The summed E-state index contributed by atoms with van der Waals surface area (Å²) in [4.78, 5) is 5.21. The summed E-state index contributed by atoms with van der Waals surface area (Å²) in [5.74, 6) is 3.74. The lowest BCUT2D eigenvalue weighted by Crippen LogP contribution is -2.48. The Kier molecular flexibility index (Phi) is 5.64. The molecule has 4 fully saturated rings. The molecule has 4 aliphatic rings. The highest BCUT2D eigenvalue weighted by molar-refractivity contribution is 6.10. The van der Waals surface area contributed by atoms with E-state index in [4.69, 9.17) is 4.98 Å². The molecule has 13 rings (SSSR count). The molecule has 0 aliphatic heterocycles. The fraction of sp³-hybridized carbons (Fsp3) is 0.213. The second-order valence-electron chi connectivity index (χ2n) is 15.9. The van der Waals surface area contributed by atoms with Crippen LogP contribution in [-0.2, 0) is 5.41 Å². The van der Waals surface area contributed by atoms with Crippen LogP contribution in [0.4, 0.5) is 0 Å². The fourth-order valence-electron chi connectivity index (χ4n) is 11.3. The average molecular weight is 659 g/mol. The number of fused-ring (bicyclic) bond motifs is 8. The molecule has 0 N–H and O–H groups in total. The van der Waals surface area contributed by atoms with Gasteiger partial charge in [0.25, 0.3) is 0 Å². The number of imidazole rings is 2. The Labute approximate surface area is 296 Å². The van der Waals surface area contributed by atoms with Crippen LogP contribution in [0.3, 0.4) is 0 Å². The van der Waals surface area contributed by atoms with Crippen molar-refractivity contribution >= 4 is 49.7 Å². The van der Waals surface area contributed by atoms with Crippen molar-refractivity contribution in [3.63, 3.8) is 0 Å². The zero-order chi connectivity index (χ0) is 33.3. The lowest BCUT2D eigenvalue weighted by Gasteiger charge is -2.57. The zero-order valence-electron chi connectivity index (χ0n) is 28.5. The van der Waals surface area contributed by atoms with Gasteiger partial charge in [0.1, 0.15) is 0 Å². The van der Waals surface area contributed by atoms with Crippen LogP contribution >= 0.6 is 0 Å². The first-order valence-corrected chi connectivity index (χ1v) is 18.8. The monoisotopic (exact) mass is 658 g/mol. The highest BCUT2D eigenvalue weighted by Crippen LogP contribution is 2.61. The second-order valence-corrected chi connectivity index (χ2v) is 15.9. The number of rotatable bonds is 4. The standard InChI is InChI=1S/C47H38N4/c1-2-8-33(9-3-1)34-14-17-36(18-15-34)50-44-21-19-37(26-45(44)51-43-13-7-5-11-40(43)48-46(50)51)49-41-12-6-4-10-38(41)39-25-35(16-20-42(39)49)47-27-30-22-31(28-47)24-32(23-30)29-47/h1-21,25-26,30-32H,22-24,27-29H2. The van der Waals surface area contributed by atoms with Gasteiger partial charge in [-0.05, 0) is 139 Å². The molecule has 4 bridgehead atoms. The molecule has 4 heteroatoms. The molecule has 0 atom stereocenters. The van der Waals surface area contributed by atoms with Gasteiger partial charge in [-0.2, -0.15) is 0 Å². The normalized spacial score (nSPS) is 22.7. The summed E-state index contributed by atoms with van der Waals surface area (Å²) < 4.78 is 7.15. The van der Waals surface area contributed by atoms with Crippen LogP contribution in [0.2, 0.25) is 0 Å². The first-order valence-electron chi connectivity index (χ1n) is 18.8. The van der Waals surface area contributed by atoms with Gasteiger partial charge in [0, 0.05) is 22.1 Å². The minimum absolute atomic E-state index is 0.376. The van der Waals surface area contributed by atoms with E-state index in [9.17, 15) is 0 Å². The molecule has 51 heavy (non-hydrogen) atoms. The molecular formula is C47H38N4. The van der Waals surface area contributed by atoms with E-state index in [1.807, 2.05) is 0 Å². The van der Waals surface area contributed by atoms with Crippen molar-refractivity contribution in [2.45, 2.75) is 43.9 Å². The van der Waals surface area contributed by atoms with Gasteiger partial charge in [0.15, 0.2) is 0 Å². The van der Waals surface area contributed by atoms with E-state index in [1.165, 1.54) is 77.1 Å². The van der Waals surface area contributed by atoms with Gasteiger partial charge in [0.2, 0.25) is 5.78 Å². The molecule has 4 saturated carbocycles. The van der Waals surface area contributed by atoms with Crippen molar-refractivity contribution in [2.24, 2.45) is 17.8 Å². The second kappa shape index (κ2) is 10.2. The highest BCUT2D eigenvalue weighted by atomic mass is 15.2. The maximum atomic E-state index is 5.21. The van der Waals surface area contributed by atoms with Crippen molar-refractivity contribution in [1.82, 2.24) is 18.5 Å². The maximum Gasteiger partial charge on any atom is 0.220 e. The van der Waals surface area contributed by atoms with Crippen LogP contribution in [-0.4, -0.2) is 18.5 Å². The highest BCUT2D eigenvalue weighted by Gasteiger charge is 2.51. The molecule has 3 aromatic heterocycles. The smallest absolute Gasteiger partial charge is 0.220 e. The van der Waals surface area contributed by atoms with E-state index >= 15 is 0 Å². The van der Waals surface area contributed by atoms with Crippen molar-refractivity contribution in [1.29, 1.82) is 0 Å². The molecule has 4 nitrogen and oxygen atoms in total. The van der Waals surface area contributed by atoms with Crippen molar-refractivity contribution in [3.8, 4) is 22.5 Å². The number of hydrogen-bond acceptors (Lipinski definition) is 1. The average Bonchev–Trinajstić information content (AvgIpc) is 3.81. The Morgan fingerprint density at radius 1 is 0.471 bits per heavy atom. The van der Waals surface area contributed by atoms with Gasteiger partial charge in [-0.15, -0.1) is 0 Å². The molecule has 0 unspecified atom stereocenters. The predicted molar refractivity (Wildman–Crippen MR) is 209 cm³/mol. The van der Waals surface area contributed by atoms with Gasteiger partial charge in [0.05, 0.1) is 33.1 Å². The third-order valence-corrected chi connectivity index (χ3v) is 13.0. The van der Waals surface area contributed by atoms with E-state index in [-0.39, 0.29) is 0 Å². The van der Waals surface area contributed by atoms with Gasteiger partial charge in [-0.25, -0.2) is 4.98 Å². The van der Waals surface area contributed by atoms with Crippen LogP contribution < -0.4 is 0 Å². The number of hydrogen-bond donors (Lipinski definition) is 0. The van der Waals surface area contributed by atoms with E-state index in [2.05, 4.69) is 153 Å². The minimum atomic E-state index is 0.376. The van der Waals surface area contributed by atoms with Crippen LogP contribution in [0.5, 0.6) is 0 Å². The van der Waals surface area contributed by atoms with E-state index in [0.717, 1.165) is 51.3 Å². The third-order valence-electron chi connectivity index (χ3n) is 13.0. The van der Waals surface area contributed by atoms with Gasteiger partial charge in [-0.1, -0.05) is 78.9 Å². The van der Waals surface area contributed by atoms with E-state index < -0.39 is 0 Å². The number of para-hydroxylation sites is 3. The largest absolute Gasteiger partial charge is 0.309 e. The molecule has 0 amide bonds. The molecule has 6 aromatic carbocycles. The van der Waals surface area contributed by atoms with Crippen molar-refractivity contribution < 1.29 is 0 Å². The zero-order valence-corrected chi connectivity index (χ0v) is 28.5. The van der Waals surface area contributed by atoms with E-state index in [1.54, 1.807) is 5.56 Å². The SMILES string of the molecule is c1ccc(-c2ccc(-n3c4ccc(-n5c6ccccc6c6cc(C78CC9CC(CC(C9)C7)C8)ccc65)cc4n4c5ccccc5nc34)cc2)cc1. The van der Waals surface area contributed by atoms with Gasteiger partial charge in [-0.3, -0.25) is 8.97 Å². The number of nitrogens with zero attached hydrogens (tertiary/aromatic N) is 4. The summed E-state index contributed by atoms with van der Waals surface area (Å²) in [5, 5.41) is 2.72. The lowest BCUT2D eigenvalue weighted by atomic mass is 9.48. The Bertz CT molecular complexity index is 2800. The van der Waals surface area contributed by atoms with Crippen LogP contribution in [0.25, 0.3) is 72.2 Å². The summed E-state index contributed by atoms with van der Waals surface area (Å²) in [6, 6.07) is 51.5. The lowest BCUT2D eigenvalue weighted by molar-refractivity contribution is -0.00512. The minimum Gasteiger partial charge on any atom is -0.309 e. The number of benzene rings is 6. The first kappa shape index (κ1) is 28.1. The summed E-state index contributed by atoms with van der Waals surface area (Å²) in [6.45, 7) is 0. The Balaban J connectivity index is 1.06. The van der Waals surface area contributed by atoms with Gasteiger partial charge >= 0.3 is 0 Å². The summed E-state index contributed by atoms with van der Waals surface area (Å²) in [7, 11) is 0. The van der Waals surface area contributed by atoms with Crippen LogP contribution in [0.15, 0.2) is 140 Å². The molecular weight excluding hydrogens is 621 g/mol. The quantitative estimate of drug-likeness (QED) is 0.185. The van der Waals surface area contributed by atoms with Crippen LogP contribution in [0, 0.1) is 17.8 Å². The van der Waals surface area contributed by atoms with E-state index in [0.29, 0.717) is 5.41 Å². The topological polar surface area (TPSA) is 27.2 Å².